The molecule has 0 unspecified atom stereocenters. The number of benzene rings is 2. The van der Waals surface area contributed by atoms with Gasteiger partial charge in [0.25, 0.3) is 0 Å². The first-order valence-electron chi connectivity index (χ1n) is 9.42. The largest absolute Gasteiger partial charge is 0.414 e. The van der Waals surface area contributed by atoms with E-state index in [4.69, 9.17) is 4.74 Å². The van der Waals surface area contributed by atoms with Gasteiger partial charge in [-0.1, -0.05) is 42.5 Å². The van der Waals surface area contributed by atoms with Crippen molar-refractivity contribution in [1.29, 1.82) is 0 Å². The monoisotopic (exact) mass is 350 g/mol. The van der Waals surface area contributed by atoms with Crippen molar-refractivity contribution < 1.29 is 9.53 Å². The van der Waals surface area contributed by atoms with Crippen molar-refractivity contribution >= 4 is 6.09 Å². The maximum Gasteiger partial charge on any atom is 0.414 e. The van der Waals surface area contributed by atoms with Crippen molar-refractivity contribution in [2.24, 2.45) is 0 Å². The van der Waals surface area contributed by atoms with Gasteiger partial charge < -0.3 is 9.64 Å². The molecule has 1 heterocycles. The number of likely N-dealkylation sites (tertiary alicyclic amines) is 1. The van der Waals surface area contributed by atoms with Crippen molar-refractivity contribution in [3.05, 3.63) is 65.2 Å². The smallest absolute Gasteiger partial charge is 0.410 e. The molecule has 0 bridgehead atoms. The minimum absolute atomic E-state index is 0.308. The zero-order valence-electron chi connectivity index (χ0n) is 15.5. The van der Waals surface area contributed by atoms with E-state index in [9.17, 15) is 4.79 Å². The van der Waals surface area contributed by atoms with E-state index in [0.717, 1.165) is 31.7 Å². The molecular formula is C22H26N2O2. The summed E-state index contributed by atoms with van der Waals surface area (Å²) in [6.07, 6.45) is 2.97. The summed E-state index contributed by atoms with van der Waals surface area (Å²) in [6, 6.07) is 17.5. The summed E-state index contributed by atoms with van der Waals surface area (Å²) in [6.45, 7) is 2.15. The lowest BCUT2D eigenvalue weighted by atomic mass is 9.79. The van der Waals surface area contributed by atoms with Gasteiger partial charge in [-0.2, -0.15) is 0 Å². The topological polar surface area (TPSA) is 32.8 Å². The quantitative estimate of drug-likeness (QED) is 0.837. The number of amides is 1. The fourth-order valence-electron chi connectivity index (χ4n) is 4.45. The van der Waals surface area contributed by atoms with Gasteiger partial charge in [0.1, 0.15) is 5.75 Å². The van der Waals surface area contributed by atoms with Gasteiger partial charge >= 0.3 is 6.09 Å². The Bertz CT molecular complexity index is 788. The molecule has 2 aliphatic rings. The van der Waals surface area contributed by atoms with Gasteiger partial charge in [-0.3, -0.25) is 4.90 Å². The van der Waals surface area contributed by atoms with Crippen LogP contribution in [0.4, 0.5) is 4.79 Å². The molecule has 4 heteroatoms. The molecule has 4 nitrogen and oxygen atoms in total. The minimum Gasteiger partial charge on any atom is -0.410 e. The molecule has 0 saturated carbocycles. The molecule has 26 heavy (non-hydrogen) atoms. The predicted molar refractivity (Wildman–Crippen MR) is 102 cm³/mol. The molecule has 0 radical (unpaired) electrons. The van der Waals surface area contributed by atoms with E-state index >= 15 is 0 Å². The summed E-state index contributed by atoms with van der Waals surface area (Å²) in [5.74, 6) is 1.28. The van der Waals surface area contributed by atoms with E-state index in [-0.39, 0.29) is 6.09 Å². The van der Waals surface area contributed by atoms with Crippen LogP contribution in [0.15, 0.2) is 48.5 Å². The highest BCUT2D eigenvalue weighted by molar-refractivity contribution is 5.70. The summed E-state index contributed by atoms with van der Waals surface area (Å²) in [4.78, 5) is 16.1. The number of fused-ring (bicyclic) bond motifs is 3. The van der Waals surface area contributed by atoms with E-state index in [1.165, 1.54) is 28.0 Å². The fourth-order valence-corrected chi connectivity index (χ4v) is 4.45. The molecule has 4 rings (SSSR count). The van der Waals surface area contributed by atoms with Gasteiger partial charge in [-0.25, -0.2) is 4.79 Å². The number of rotatable bonds is 3. The molecular weight excluding hydrogens is 324 g/mol. The SMILES string of the molecule is CN(C)C(=O)Oc1cccc2c1CC[C@@H]1[C@H]2CCN1Cc1ccccc1. The van der Waals surface area contributed by atoms with Gasteiger partial charge in [-0.15, -0.1) is 0 Å². The van der Waals surface area contributed by atoms with E-state index in [1.54, 1.807) is 14.1 Å². The predicted octanol–water partition coefficient (Wildman–Crippen LogP) is 4.05. The average Bonchev–Trinajstić information content (AvgIpc) is 3.06. The number of hydrogen-bond donors (Lipinski definition) is 0. The Hall–Kier alpha value is -2.33. The Morgan fingerprint density at radius 1 is 1.12 bits per heavy atom. The Kier molecular flexibility index (Phi) is 4.68. The number of ether oxygens (including phenoxy) is 1. The Labute approximate surface area is 155 Å². The van der Waals surface area contributed by atoms with Crippen LogP contribution >= 0.6 is 0 Å². The van der Waals surface area contributed by atoms with Crippen LogP contribution in [0.3, 0.4) is 0 Å². The first-order valence-corrected chi connectivity index (χ1v) is 9.42. The normalized spacial score (nSPS) is 21.8. The summed E-state index contributed by atoms with van der Waals surface area (Å²) < 4.78 is 5.62. The summed E-state index contributed by atoms with van der Waals surface area (Å²) >= 11 is 0. The van der Waals surface area contributed by atoms with Gasteiger partial charge in [0.05, 0.1) is 0 Å². The Morgan fingerprint density at radius 3 is 2.69 bits per heavy atom. The highest BCUT2D eigenvalue weighted by atomic mass is 16.6. The lowest BCUT2D eigenvalue weighted by Gasteiger charge is -2.34. The third-order valence-electron chi connectivity index (χ3n) is 5.71. The van der Waals surface area contributed by atoms with Crippen molar-refractivity contribution in [2.75, 3.05) is 20.6 Å². The van der Waals surface area contributed by atoms with E-state index in [1.807, 2.05) is 12.1 Å². The molecule has 1 amide bonds. The van der Waals surface area contributed by atoms with E-state index in [2.05, 4.69) is 41.3 Å². The second-order valence-corrected chi connectivity index (χ2v) is 7.54. The first kappa shape index (κ1) is 17.1. The second-order valence-electron chi connectivity index (χ2n) is 7.54. The van der Waals surface area contributed by atoms with Crippen molar-refractivity contribution in [1.82, 2.24) is 9.80 Å². The van der Waals surface area contributed by atoms with Crippen molar-refractivity contribution in [3.63, 3.8) is 0 Å². The average molecular weight is 350 g/mol. The van der Waals surface area contributed by atoms with Crippen LogP contribution in [0.5, 0.6) is 5.75 Å². The van der Waals surface area contributed by atoms with Crippen LogP contribution in [0.1, 0.15) is 35.4 Å². The van der Waals surface area contributed by atoms with Crippen LogP contribution in [-0.4, -0.2) is 42.6 Å². The van der Waals surface area contributed by atoms with Gasteiger partial charge in [0, 0.05) is 32.6 Å². The Balaban J connectivity index is 1.55. The fraction of sp³-hybridized carbons (Fsp3) is 0.409. The zero-order valence-corrected chi connectivity index (χ0v) is 15.5. The van der Waals surface area contributed by atoms with Crippen molar-refractivity contribution in [3.8, 4) is 5.75 Å². The first-order chi connectivity index (χ1) is 12.6. The second kappa shape index (κ2) is 7.12. The highest BCUT2D eigenvalue weighted by Crippen LogP contribution is 2.44. The van der Waals surface area contributed by atoms with Gasteiger partial charge in [0.2, 0.25) is 0 Å². The lowest BCUT2D eigenvalue weighted by Crippen LogP contribution is -2.35. The zero-order chi connectivity index (χ0) is 18.1. The summed E-state index contributed by atoms with van der Waals surface area (Å²) in [7, 11) is 3.43. The molecule has 0 N–H and O–H groups in total. The standard InChI is InChI=1S/C22H26N2O2/c1-23(2)22(25)26-21-10-6-9-17-18-13-14-24(20(18)12-11-19(17)21)15-16-7-4-3-5-8-16/h3-10,18,20H,11-15H2,1-2H3/t18-,20+/m0/s1. The van der Waals surface area contributed by atoms with Crippen LogP contribution in [0, 0.1) is 0 Å². The van der Waals surface area contributed by atoms with Crippen LogP contribution < -0.4 is 4.74 Å². The molecule has 0 aromatic heterocycles. The molecule has 136 valence electrons. The molecule has 1 aliphatic carbocycles. The molecule has 1 fully saturated rings. The molecule has 2 atom stereocenters. The maximum atomic E-state index is 12.0. The third kappa shape index (κ3) is 3.21. The Morgan fingerprint density at radius 2 is 1.92 bits per heavy atom. The molecule has 2 aromatic carbocycles. The highest BCUT2D eigenvalue weighted by Gasteiger charge is 2.39. The number of hydrogen-bond acceptors (Lipinski definition) is 3. The number of nitrogens with zero attached hydrogens (tertiary/aromatic N) is 2. The van der Waals surface area contributed by atoms with Gasteiger partial charge in [-0.05, 0) is 48.6 Å². The van der Waals surface area contributed by atoms with Crippen LogP contribution in [-0.2, 0) is 13.0 Å². The molecule has 2 aromatic rings. The van der Waals surface area contributed by atoms with Crippen LogP contribution in [0.2, 0.25) is 0 Å². The van der Waals surface area contributed by atoms with Gasteiger partial charge in [0.15, 0.2) is 0 Å². The molecule has 0 spiro atoms. The minimum atomic E-state index is -0.308. The van der Waals surface area contributed by atoms with Crippen molar-refractivity contribution in [2.45, 2.75) is 37.8 Å². The van der Waals surface area contributed by atoms with E-state index < -0.39 is 0 Å². The molecule has 1 aliphatic heterocycles. The number of carbonyl (C=O) groups is 1. The maximum absolute atomic E-state index is 12.0. The summed E-state index contributed by atoms with van der Waals surface area (Å²) in [5.41, 5.74) is 3.99. The van der Waals surface area contributed by atoms with E-state index in [0.29, 0.717) is 12.0 Å². The molecule has 1 saturated heterocycles. The van der Waals surface area contributed by atoms with Crippen LogP contribution in [0.25, 0.3) is 0 Å². The lowest BCUT2D eigenvalue weighted by molar-refractivity contribution is 0.170. The summed E-state index contributed by atoms with van der Waals surface area (Å²) in [5, 5.41) is 0. The third-order valence-corrected chi connectivity index (χ3v) is 5.71. The number of carbonyl (C=O) groups excluding carboxylic acids is 1.